The predicted octanol–water partition coefficient (Wildman–Crippen LogP) is 2.72. The van der Waals surface area contributed by atoms with Gasteiger partial charge in [0.25, 0.3) is 5.91 Å². The van der Waals surface area contributed by atoms with Gasteiger partial charge in [0.15, 0.2) is 0 Å². The van der Waals surface area contributed by atoms with Crippen molar-refractivity contribution in [3.63, 3.8) is 0 Å². The highest BCUT2D eigenvalue weighted by Crippen LogP contribution is 2.24. The van der Waals surface area contributed by atoms with Crippen LogP contribution < -0.4 is 0 Å². The second-order valence-electron chi connectivity index (χ2n) is 6.69. The molecule has 0 aliphatic carbocycles. The first kappa shape index (κ1) is 16.5. The van der Waals surface area contributed by atoms with Crippen molar-refractivity contribution in [2.24, 2.45) is 5.41 Å². The van der Waals surface area contributed by atoms with E-state index in [0.717, 1.165) is 17.5 Å². The molecule has 0 saturated carbocycles. The lowest BCUT2D eigenvalue weighted by atomic mass is 9.88. The SMILES string of the molecule is CCC(C)(C)C(=O)N1CCN(C(=O)c2ccc(C)cc2)CC1. The molecule has 22 heavy (non-hydrogen) atoms. The highest BCUT2D eigenvalue weighted by molar-refractivity contribution is 5.94. The van der Waals surface area contributed by atoms with Crippen LogP contribution in [0.4, 0.5) is 0 Å². The number of carbonyl (C=O) groups excluding carboxylic acids is 2. The summed E-state index contributed by atoms with van der Waals surface area (Å²) in [5.41, 5.74) is 1.55. The Labute approximate surface area is 133 Å². The maximum atomic E-state index is 12.5. The second-order valence-corrected chi connectivity index (χ2v) is 6.69. The summed E-state index contributed by atoms with van der Waals surface area (Å²) in [6.45, 7) is 10.5. The van der Waals surface area contributed by atoms with Crippen molar-refractivity contribution in [1.29, 1.82) is 0 Å². The van der Waals surface area contributed by atoms with Crippen molar-refractivity contribution in [2.45, 2.75) is 34.1 Å². The molecule has 4 nitrogen and oxygen atoms in total. The van der Waals surface area contributed by atoms with Gasteiger partial charge in [0.2, 0.25) is 5.91 Å². The van der Waals surface area contributed by atoms with Gasteiger partial charge in [-0.2, -0.15) is 0 Å². The molecule has 1 aromatic rings. The minimum Gasteiger partial charge on any atom is -0.339 e. The second kappa shape index (κ2) is 6.51. The van der Waals surface area contributed by atoms with E-state index in [2.05, 4.69) is 0 Å². The smallest absolute Gasteiger partial charge is 0.253 e. The molecule has 0 unspecified atom stereocenters. The summed E-state index contributed by atoms with van der Waals surface area (Å²) < 4.78 is 0. The van der Waals surface area contributed by atoms with E-state index in [1.165, 1.54) is 0 Å². The van der Waals surface area contributed by atoms with E-state index in [1.807, 2.05) is 61.8 Å². The fraction of sp³-hybridized carbons (Fsp3) is 0.556. The van der Waals surface area contributed by atoms with E-state index in [1.54, 1.807) is 0 Å². The van der Waals surface area contributed by atoms with Crippen LogP contribution in [-0.2, 0) is 4.79 Å². The lowest BCUT2D eigenvalue weighted by Crippen LogP contribution is -2.53. The van der Waals surface area contributed by atoms with Crippen LogP contribution in [0.15, 0.2) is 24.3 Å². The topological polar surface area (TPSA) is 40.6 Å². The molecule has 2 rings (SSSR count). The third kappa shape index (κ3) is 3.49. The number of hydrogen-bond acceptors (Lipinski definition) is 2. The fourth-order valence-corrected chi connectivity index (χ4v) is 2.57. The van der Waals surface area contributed by atoms with E-state index in [-0.39, 0.29) is 17.2 Å². The first-order chi connectivity index (χ1) is 10.3. The average Bonchev–Trinajstić information content (AvgIpc) is 2.54. The Bertz CT molecular complexity index is 541. The number of rotatable bonds is 3. The fourth-order valence-electron chi connectivity index (χ4n) is 2.57. The zero-order valence-corrected chi connectivity index (χ0v) is 14.1. The highest BCUT2D eigenvalue weighted by Gasteiger charge is 2.33. The number of piperazine rings is 1. The zero-order chi connectivity index (χ0) is 16.3. The summed E-state index contributed by atoms with van der Waals surface area (Å²) in [4.78, 5) is 28.7. The van der Waals surface area contributed by atoms with Gasteiger partial charge in [0.05, 0.1) is 0 Å². The largest absolute Gasteiger partial charge is 0.339 e. The third-order valence-electron chi connectivity index (χ3n) is 4.62. The van der Waals surface area contributed by atoms with Gasteiger partial charge in [-0.05, 0) is 25.5 Å². The molecule has 0 radical (unpaired) electrons. The van der Waals surface area contributed by atoms with Crippen LogP contribution in [0.3, 0.4) is 0 Å². The predicted molar refractivity (Wildman–Crippen MR) is 87.7 cm³/mol. The van der Waals surface area contributed by atoms with Crippen LogP contribution in [0.25, 0.3) is 0 Å². The van der Waals surface area contributed by atoms with Crippen molar-refractivity contribution in [1.82, 2.24) is 9.80 Å². The molecule has 1 aliphatic heterocycles. The van der Waals surface area contributed by atoms with Crippen molar-refractivity contribution in [3.8, 4) is 0 Å². The summed E-state index contributed by atoms with van der Waals surface area (Å²) in [5.74, 6) is 0.249. The van der Waals surface area contributed by atoms with E-state index >= 15 is 0 Å². The molecular formula is C18H26N2O2. The molecule has 2 amide bonds. The van der Waals surface area contributed by atoms with E-state index in [9.17, 15) is 9.59 Å². The van der Waals surface area contributed by atoms with Gasteiger partial charge in [0.1, 0.15) is 0 Å². The maximum absolute atomic E-state index is 12.5. The molecule has 1 aromatic carbocycles. The minimum atomic E-state index is -0.316. The Balaban J connectivity index is 1.96. The average molecular weight is 302 g/mol. The van der Waals surface area contributed by atoms with Crippen LogP contribution >= 0.6 is 0 Å². The molecule has 1 saturated heterocycles. The van der Waals surface area contributed by atoms with Gasteiger partial charge in [-0.15, -0.1) is 0 Å². The normalized spacial score (nSPS) is 15.8. The Morgan fingerprint density at radius 3 is 2.00 bits per heavy atom. The Hall–Kier alpha value is -1.84. The quantitative estimate of drug-likeness (QED) is 0.861. The van der Waals surface area contributed by atoms with E-state index in [0.29, 0.717) is 26.2 Å². The maximum Gasteiger partial charge on any atom is 0.253 e. The molecule has 4 heteroatoms. The van der Waals surface area contributed by atoms with Gasteiger partial charge in [-0.1, -0.05) is 38.5 Å². The highest BCUT2D eigenvalue weighted by atomic mass is 16.2. The van der Waals surface area contributed by atoms with Crippen LogP contribution in [0, 0.1) is 12.3 Å². The van der Waals surface area contributed by atoms with Gasteiger partial charge >= 0.3 is 0 Å². The van der Waals surface area contributed by atoms with Gasteiger partial charge in [-0.25, -0.2) is 0 Å². The first-order valence-electron chi connectivity index (χ1n) is 8.00. The number of aryl methyl sites for hydroxylation is 1. The van der Waals surface area contributed by atoms with Gasteiger partial charge in [0, 0.05) is 37.2 Å². The molecule has 0 atom stereocenters. The summed E-state index contributed by atoms with van der Waals surface area (Å²) in [5, 5.41) is 0. The van der Waals surface area contributed by atoms with Crippen LogP contribution in [0.5, 0.6) is 0 Å². The van der Waals surface area contributed by atoms with Gasteiger partial charge < -0.3 is 9.80 Å². The first-order valence-corrected chi connectivity index (χ1v) is 8.00. The van der Waals surface area contributed by atoms with E-state index in [4.69, 9.17) is 0 Å². The molecule has 0 bridgehead atoms. The number of carbonyl (C=O) groups is 2. The number of hydrogen-bond donors (Lipinski definition) is 0. The van der Waals surface area contributed by atoms with Crippen molar-refractivity contribution in [2.75, 3.05) is 26.2 Å². The molecule has 0 N–H and O–H groups in total. The molecule has 1 fully saturated rings. The Morgan fingerprint density at radius 1 is 1.00 bits per heavy atom. The van der Waals surface area contributed by atoms with Crippen LogP contribution in [0.1, 0.15) is 43.1 Å². The molecule has 0 spiro atoms. The molecule has 1 heterocycles. The number of nitrogens with zero attached hydrogens (tertiary/aromatic N) is 2. The number of amides is 2. The summed E-state index contributed by atoms with van der Waals surface area (Å²) in [7, 11) is 0. The van der Waals surface area contributed by atoms with Gasteiger partial charge in [-0.3, -0.25) is 9.59 Å². The van der Waals surface area contributed by atoms with Crippen molar-refractivity contribution in [3.05, 3.63) is 35.4 Å². The lowest BCUT2D eigenvalue weighted by Gasteiger charge is -2.38. The van der Waals surface area contributed by atoms with Crippen molar-refractivity contribution >= 4 is 11.8 Å². The summed E-state index contributed by atoms with van der Waals surface area (Å²) >= 11 is 0. The molecule has 120 valence electrons. The molecular weight excluding hydrogens is 276 g/mol. The van der Waals surface area contributed by atoms with Crippen LogP contribution in [-0.4, -0.2) is 47.8 Å². The summed E-state index contributed by atoms with van der Waals surface area (Å²) in [6, 6.07) is 7.65. The van der Waals surface area contributed by atoms with E-state index < -0.39 is 0 Å². The standard InChI is InChI=1S/C18H26N2O2/c1-5-18(3,4)17(22)20-12-10-19(11-13-20)16(21)15-8-6-14(2)7-9-15/h6-9H,5,10-13H2,1-4H3. The molecule has 0 aromatic heterocycles. The molecule has 1 aliphatic rings. The summed E-state index contributed by atoms with van der Waals surface area (Å²) in [6.07, 6.45) is 0.828. The van der Waals surface area contributed by atoms with Crippen LogP contribution in [0.2, 0.25) is 0 Å². The van der Waals surface area contributed by atoms with Crippen molar-refractivity contribution < 1.29 is 9.59 Å². The lowest BCUT2D eigenvalue weighted by molar-refractivity contribution is -0.142. The Morgan fingerprint density at radius 2 is 1.50 bits per heavy atom. The third-order valence-corrected chi connectivity index (χ3v) is 4.62. The zero-order valence-electron chi connectivity index (χ0n) is 14.1. The Kier molecular flexibility index (Phi) is 4.89. The number of benzene rings is 1. The minimum absolute atomic E-state index is 0.0573. The monoisotopic (exact) mass is 302 g/mol.